The highest BCUT2D eigenvalue weighted by atomic mass is 32.2. The Bertz CT molecular complexity index is 347. The van der Waals surface area contributed by atoms with Crippen LogP contribution in [0.3, 0.4) is 0 Å². The van der Waals surface area contributed by atoms with Gasteiger partial charge in [-0.1, -0.05) is 13.8 Å². The standard InChI is InChI=1S/C10H20N2O3S/c1-8(2)6-12(16(3,14)15)7-10(13)11-9-4-5-9/h8-9H,4-7H2,1-3H3,(H,11,13). The number of amides is 1. The third-order valence-electron chi connectivity index (χ3n) is 2.30. The number of sulfonamides is 1. The van der Waals surface area contributed by atoms with Gasteiger partial charge in [0, 0.05) is 12.6 Å². The molecule has 0 saturated heterocycles. The molecule has 0 atom stereocenters. The second kappa shape index (κ2) is 5.14. The molecule has 1 rings (SSSR count). The molecule has 1 amide bonds. The van der Waals surface area contributed by atoms with Crippen LogP contribution in [-0.2, 0) is 14.8 Å². The minimum Gasteiger partial charge on any atom is -0.352 e. The molecule has 5 nitrogen and oxygen atoms in total. The zero-order valence-electron chi connectivity index (χ0n) is 10.1. The van der Waals surface area contributed by atoms with Crippen LogP contribution in [0, 0.1) is 5.92 Å². The number of nitrogens with zero attached hydrogens (tertiary/aromatic N) is 1. The van der Waals surface area contributed by atoms with Crippen molar-refractivity contribution in [2.75, 3.05) is 19.3 Å². The van der Waals surface area contributed by atoms with Crippen molar-refractivity contribution in [3.63, 3.8) is 0 Å². The monoisotopic (exact) mass is 248 g/mol. The van der Waals surface area contributed by atoms with Crippen LogP contribution in [0.1, 0.15) is 26.7 Å². The van der Waals surface area contributed by atoms with E-state index in [2.05, 4.69) is 5.32 Å². The van der Waals surface area contributed by atoms with E-state index >= 15 is 0 Å². The lowest BCUT2D eigenvalue weighted by atomic mass is 10.2. The van der Waals surface area contributed by atoms with Crippen molar-refractivity contribution in [1.82, 2.24) is 9.62 Å². The molecule has 0 aliphatic heterocycles. The van der Waals surface area contributed by atoms with Crippen molar-refractivity contribution >= 4 is 15.9 Å². The molecule has 0 spiro atoms. The van der Waals surface area contributed by atoms with Crippen molar-refractivity contribution in [2.45, 2.75) is 32.7 Å². The molecule has 0 aromatic carbocycles. The number of rotatable bonds is 6. The minimum atomic E-state index is -3.30. The maximum absolute atomic E-state index is 11.5. The summed E-state index contributed by atoms with van der Waals surface area (Å²) in [4.78, 5) is 11.5. The maximum Gasteiger partial charge on any atom is 0.235 e. The summed E-state index contributed by atoms with van der Waals surface area (Å²) in [5.74, 6) is 0.0111. The molecule has 0 aromatic heterocycles. The van der Waals surface area contributed by atoms with E-state index in [9.17, 15) is 13.2 Å². The SMILES string of the molecule is CC(C)CN(CC(=O)NC1CC1)S(C)(=O)=O. The van der Waals surface area contributed by atoms with E-state index in [0.717, 1.165) is 19.1 Å². The maximum atomic E-state index is 11.5. The predicted octanol–water partition coefficient (Wildman–Crippen LogP) is 0.183. The Kier molecular flexibility index (Phi) is 4.32. The average molecular weight is 248 g/mol. The summed E-state index contributed by atoms with van der Waals surface area (Å²) in [6.45, 7) is 4.18. The fourth-order valence-corrected chi connectivity index (χ4v) is 2.31. The number of hydrogen-bond donors (Lipinski definition) is 1. The van der Waals surface area contributed by atoms with Crippen molar-refractivity contribution < 1.29 is 13.2 Å². The van der Waals surface area contributed by atoms with Gasteiger partial charge in [0.05, 0.1) is 12.8 Å². The molecule has 6 heteroatoms. The van der Waals surface area contributed by atoms with Crippen molar-refractivity contribution in [2.24, 2.45) is 5.92 Å². The van der Waals surface area contributed by atoms with Crippen molar-refractivity contribution in [3.8, 4) is 0 Å². The van der Waals surface area contributed by atoms with E-state index < -0.39 is 10.0 Å². The molecule has 1 fully saturated rings. The smallest absolute Gasteiger partial charge is 0.235 e. The highest BCUT2D eigenvalue weighted by molar-refractivity contribution is 7.88. The zero-order chi connectivity index (χ0) is 12.3. The minimum absolute atomic E-state index is 0.0620. The highest BCUT2D eigenvalue weighted by Gasteiger charge is 2.26. The topological polar surface area (TPSA) is 66.5 Å². The first-order valence-electron chi connectivity index (χ1n) is 5.53. The van der Waals surface area contributed by atoms with Gasteiger partial charge in [-0.2, -0.15) is 4.31 Å². The largest absolute Gasteiger partial charge is 0.352 e. The fraction of sp³-hybridized carbons (Fsp3) is 0.900. The second-order valence-corrected chi connectivity index (χ2v) is 6.77. The highest BCUT2D eigenvalue weighted by Crippen LogP contribution is 2.18. The van der Waals surface area contributed by atoms with Gasteiger partial charge in [-0.25, -0.2) is 8.42 Å². The third kappa shape index (κ3) is 4.94. The van der Waals surface area contributed by atoms with Gasteiger partial charge in [0.25, 0.3) is 0 Å². The van der Waals surface area contributed by atoms with Gasteiger partial charge >= 0.3 is 0 Å². The Morgan fingerprint density at radius 1 is 1.44 bits per heavy atom. The summed E-state index contributed by atoms with van der Waals surface area (Å²) in [6, 6.07) is 0.271. The van der Waals surface area contributed by atoms with Gasteiger partial charge in [0.2, 0.25) is 15.9 Å². The lowest BCUT2D eigenvalue weighted by molar-refractivity contribution is -0.121. The predicted molar refractivity (Wildman–Crippen MR) is 62.4 cm³/mol. The molecule has 1 N–H and O–H groups in total. The first-order chi connectivity index (χ1) is 7.29. The van der Waals surface area contributed by atoms with Crippen LogP contribution in [-0.4, -0.2) is 44.0 Å². The molecular formula is C10H20N2O3S. The number of carbonyl (C=O) groups is 1. The van der Waals surface area contributed by atoms with Gasteiger partial charge in [-0.3, -0.25) is 4.79 Å². The fourth-order valence-electron chi connectivity index (χ4n) is 1.39. The van der Waals surface area contributed by atoms with Gasteiger partial charge < -0.3 is 5.32 Å². The molecule has 94 valence electrons. The lowest BCUT2D eigenvalue weighted by Gasteiger charge is -2.21. The molecule has 1 saturated carbocycles. The molecule has 0 radical (unpaired) electrons. The van der Waals surface area contributed by atoms with E-state index in [1.165, 1.54) is 4.31 Å². The van der Waals surface area contributed by atoms with Gasteiger partial charge in [0.1, 0.15) is 0 Å². The lowest BCUT2D eigenvalue weighted by Crippen LogP contribution is -2.42. The summed E-state index contributed by atoms with van der Waals surface area (Å²) in [7, 11) is -3.30. The molecular weight excluding hydrogens is 228 g/mol. The molecule has 1 aliphatic carbocycles. The molecule has 0 heterocycles. The third-order valence-corrected chi connectivity index (χ3v) is 3.52. The Morgan fingerprint density at radius 3 is 2.38 bits per heavy atom. The van der Waals surface area contributed by atoms with Crippen LogP contribution in [0.5, 0.6) is 0 Å². The Labute approximate surface area is 97.2 Å². The summed E-state index contributed by atoms with van der Waals surface area (Å²) in [5, 5.41) is 2.78. The Balaban J connectivity index is 2.51. The Hall–Kier alpha value is -0.620. The Morgan fingerprint density at radius 2 is 2.00 bits per heavy atom. The van der Waals surface area contributed by atoms with Gasteiger partial charge in [-0.15, -0.1) is 0 Å². The molecule has 1 aliphatic rings. The number of hydrogen-bond acceptors (Lipinski definition) is 3. The number of nitrogens with one attached hydrogen (secondary N) is 1. The molecule has 0 bridgehead atoms. The van der Waals surface area contributed by atoms with Crippen molar-refractivity contribution in [1.29, 1.82) is 0 Å². The average Bonchev–Trinajstić information content (AvgIpc) is 2.84. The van der Waals surface area contributed by atoms with Crippen molar-refractivity contribution in [3.05, 3.63) is 0 Å². The normalized spacial score (nSPS) is 16.8. The summed E-state index contributed by atoms with van der Waals surface area (Å²) in [6.07, 6.45) is 3.16. The van der Waals surface area contributed by atoms with Crippen LogP contribution in [0.15, 0.2) is 0 Å². The van der Waals surface area contributed by atoms with E-state index in [0.29, 0.717) is 6.54 Å². The molecule has 16 heavy (non-hydrogen) atoms. The summed E-state index contributed by atoms with van der Waals surface area (Å²) < 4.78 is 24.1. The van der Waals surface area contributed by atoms with Gasteiger partial charge in [0.15, 0.2) is 0 Å². The quantitative estimate of drug-likeness (QED) is 0.729. The van der Waals surface area contributed by atoms with Crippen LogP contribution in [0.2, 0.25) is 0 Å². The van der Waals surface area contributed by atoms with Crippen LogP contribution < -0.4 is 5.32 Å². The van der Waals surface area contributed by atoms with E-state index in [1.54, 1.807) is 0 Å². The van der Waals surface area contributed by atoms with Crippen LogP contribution in [0.25, 0.3) is 0 Å². The van der Waals surface area contributed by atoms with E-state index in [-0.39, 0.29) is 24.4 Å². The van der Waals surface area contributed by atoms with E-state index in [4.69, 9.17) is 0 Å². The summed E-state index contributed by atoms with van der Waals surface area (Å²) in [5.41, 5.74) is 0. The molecule has 0 aromatic rings. The summed E-state index contributed by atoms with van der Waals surface area (Å²) >= 11 is 0. The van der Waals surface area contributed by atoms with E-state index in [1.807, 2.05) is 13.8 Å². The first-order valence-corrected chi connectivity index (χ1v) is 7.38. The van der Waals surface area contributed by atoms with Crippen LogP contribution in [0.4, 0.5) is 0 Å². The molecule has 0 unspecified atom stereocenters. The van der Waals surface area contributed by atoms with Crippen LogP contribution >= 0.6 is 0 Å². The first kappa shape index (κ1) is 13.4. The zero-order valence-corrected chi connectivity index (χ0v) is 10.9. The number of carbonyl (C=O) groups excluding carboxylic acids is 1. The van der Waals surface area contributed by atoms with Gasteiger partial charge in [-0.05, 0) is 18.8 Å². The second-order valence-electron chi connectivity index (χ2n) is 4.79.